The number of carbonyl (C=O) groups excluding carboxylic acids is 1. The Kier molecular flexibility index (Phi) is 7.29. The Morgan fingerprint density at radius 3 is 2.40 bits per heavy atom. The van der Waals surface area contributed by atoms with Gasteiger partial charge in [0.25, 0.3) is 0 Å². The lowest BCUT2D eigenvalue weighted by atomic mass is 10.1. The summed E-state index contributed by atoms with van der Waals surface area (Å²) < 4.78 is 10.5. The zero-order chi connectivity index (χ0) is 18.1. The molecule has 1 N–H and O–H groups in total. The van der Waals surface area contributed by atoms with Gasteiger partial charge in [0, 0.05) is 13.6 Å². The fraction of sp³-hybridized carbons (Fsp3) is 0.350. The third kappa shape index (κ3) is 5.80. The van der Waals surface area contributed by atoms with Crippen LogP contribution in [-0.2, 0) is 17.8 Å². The van der Waals surface area contributed by atoms with E-state index in [1.165, 1.54) is 0 Å². The van der Waals surface area contributed by atoms with E-state index in [0.29, 0.717) is 13.1 Å². The van der Waals surface area contributed by atoms with Crippen LogP contribution in [-0.4, -0.2) is 45.2 Å². The highest BCUT2D eigenvalue weighted by molar-refractivity contribution is 5.77. The summed E-state index contributed by atoms with van der Waals surface area (Å²) in [5.41, 5.74) is 2.26. The van der Waals surface area contributed by atoms with Gasteiger partial charge < -0.3 is 19.7 Å². The Labute approximate surface area is 149 Å². The van der Waals surface area contributed by atoms with Crippen molar-refractivity contribution >= 4 is 5.91 Å². The zero-order valence-corrected chi connectivity index (χ0v) is 15.1. The predicted molar refractivity (Wildman–Crippen MR) is 99.0 cm³/mol. The number of likely N-dealkylation sites (N-methyl/N-ethyl adjacent to an activating group) is 1. The number of hydrogen-bond acceptors (Lipinski definition) is 4. The highest BCUT2D eigenvalue weighted by Gasteiger charge is 2.09. The van der Waals surface area contributed by atoms with Crippen LogP contribution < -0.4 is 14.8 Å². The maximum Gasteiger partial charge on any atom is 0.236 e. The number of ether oxygens (including phenoxy) is 2. The van der Waals surface area contributed by atoms with Gasteiger partial charge in [-0.15, -0.1) is 0 Å². The van der Waals surface area contributed by atoms with E-state index in [1.54, 1.807) is 19.1 Å². The van der Waals surface area contributed by atoms with Gasteiger partial charge in [0.1, 0.15) is 0 Å². The number of rotatable bonds is 9. The number of methoxy groups -OCH3 is 2. The normalized spacial score (nSPS) is 10.4. The second-order valence-electron chi connectivity index (χ2n) is 5.85. The minimum Gasteiger partial charge on any atom is -0.493 e. The first-order valence-electron chi connectivity index (χ1n) is 8.33. The van der Waals surface area contributed by atoms with Crippen LogP contribution in [0, 0.1) is 0 Å². The topological polar surface area (TPSA) is 50.8 Å². The van der Waals surface area contributed by atoms with Crippen molar-refractivity contribution in [3.63, 3.8) is 0 Å². The average molecular weight is 342 g/mol. The van der Waals surface area contributed by atoms with E-state index < -0.39 is 0 Å². The molecule has 1 amide bonds. The highest BCUT2D eigenvalue weighted by Crippen LogP contribution is 2.27. The molecular formula is C20H26N2O3. The monoisotopic (exact) mass is 342 g/mol. The maximum atomic E-state index is 12.2. The van der Waals surface area contributed by atoms with Gasteiger partial charge in [-0.3, -0.25) is 4.79 Å². The number of benzene rings is 2. The highest BCUT2D eigenvalue weighted by atomic mass is 16.5. The molecule has 0 atom stereocenters. The molecule has 2 rings (SSSR count). The van der Waals surface area contributed by atoms with E-state index >= 15 is 0 Å². The van der Waals surface area contributed by atoms with Crippen molar-refractivity contribution in [3.05, 3.63) is 59.7 Å². The van der Waals surface area contributed by atoms with Gasteiger partial charge in [0.2, 0.25) is 5.91 Å². The molecule has 0 bridgehead atoms. The first-order chi connectivity index (χ1) is 12.1. The van der Waals surface area contributed by atoms with Crippen LogP contribution in [0.3, 0.4) is 0 Å². The summed E-state index contributed by atoms with van der Waals surface area (Å²) in [6.07, 6.45) is 0.816. The summed E-state index contributed by atoms with van der Waals surface area (Å²) in [4.78, 5) is 13.9. The van der Waals surface area contributed by atoms with E-state index in [1.807, 2.05) is 55.6 Å². The minimum absolute atomic E-state index is 0.0798. The van der Waals surface area contributed by atoms with E-state index in [-0.39, 0.29) is 5.91 Å². The number of nitrogens with one attached hydrogen (secondary N) is 1. The summed E-state index contributed by atoms with van der Waals surface area (Å²) >= 11 is 0. The quantitative estimate of drug-likeness (QED) is 0.712. The van der Waals surface area contributed by atoms with Crippen LogP contribution >= 0.6 is 0 Å². The Balaban J connectivity index is 1.74. The van der Waals surface area contributed by atoms with Gasteiger partial charge in [-0.25, -0.2) is 0 Å². The van der Waals surface area contributed by atoms with Crippen LogP contribution in [0.1, 0.15) is 11.1 Å². The fourth-order valence-corrected chi connectivity index (χ4v) is 2.54. The summed E-state index contributed by atoms with van der Waals surface area (Å²) in [6.45, 7) is 1.67. The van der Waals surface area contributed by atoms with E-state index in [4.69, 9.17) is 9.47 Å². The second kappa shape index (κ2) is 9.69. The third-order valence-corrected chi connectivity index (χ3v) is 4.00. The summed E-state index contributed by atoms with van der Waals surface area (Å²) in [7, 11) is 5.07. The first kappa shape index (κ1) is 18.8. The maximum absolute atomic E-state index is 12.2. The van der Waals surface area contributed by atoms with Gasteiger partial charge in [-0.05, 0) is 36.2 Å². The van der Waals surface area contributed by atoms with E-state index in [9.17, 15) is 4.79 Å². The number of carbonyl (C=O) groups is 1. The smallest absolute Gasteiger partial charge is 0.236 e. The van der Waals surface area contributed by atoms with Crippen molar-refractivity contribution < 1.29 is 14.3 Å². The first-order valence-corrected chi connectivity index (χ1v) is 8.33. The zero-order valence-electron chi connectivity index (χ0n) is 15.1. The molecule has 2 aromatic rings. The van der Waals surface area contributed by atoms with Crippen LogP contribution in [0.2, 0.25) is 0 Å². The SMILES string of the molecule is COc1ccc(CCNCC(=O)N(C)Cc2ccccc2)cc1OC. The third-order valence-electron chi connectivity index (χ3n) is 4.00. The Morgan fingerprint density at radius 2 is 1.72 bits per heavy atom. The molecule has 0 saturated heterocycles. The standard InChI is InChI=1S/C20H26N2O3/c1-22(15-17-7-5-4-6-8-17)20(23)14-21-12-11-16-9-10-18(24-2)19(13-16)25-3/h4-10,13,21H,11-12,14-15H2,1-3H3. The van der Waals surface area contributed by atoms with E-state index in [2.05, 4.69) is 5.32 Å². The minimum atomic E-state index is 0.0798. The van der Waals surface area contributed by atoms with Crippen LogP contribution in [0.5, 0.6) is 11.5 Å². The second-order valence-corrected chi connectivity index (χ2v) is 5.85. The average Bonchev–Trinajstić information content (AvgIpc) is 2.65. The van der Waals surface area contributed by atoms with Crippen molar-refractivity contribution in [1.29, 1.82) is 0 Å². The molecule has 0 unspecified atom stereocenters. The van der Waals surface area contributed by atoms with Crippen LogP contribution in [0.15, 0.2) is 48.5 Å². The van der Waals surface area contributed by atoms with E-state index in [0.717, 1.165) is 35.6 Å². The fourth-order valence-electron chi connectivity index (χ4n) is 2.54. The molecule has 0 aromatic heterocycles. The summed E-state index contributed by atoms with van der Waals surface area (Å²) in [5, 5.41) is 3.20. The summed E-state index contributed by atoms with van der Waals surface area (Å²) in [5.74, 6) is 1.52. The Morgan fingerprint density at radius 1 is 1.00 bits per heavy atom. The van der Waals surface area contributed by atoms with Gasteiger partial charge >= 0.3 is 0 Å². The van der Waals surface area contributed by atoms with Gasteiger partial charge in [0.15, 0.2) is 11.5 Å². The molecule has 0 aliphatic heterocycles. The Hall–Kier alpha value is -2.53. The van der Waals surface area contributed by atoms with Crippen molar-refractivity contribution in [3.8, 4) is 11.5 Å². The summed E-state index contributed by atoms with van der Waals surface area (Å²) in [6, 6.07) is 15.8. The molecule has 0 spiro atoms. The van der Waals surface area contributed by atoms with Gasteiger partial charge in [0.05, 0.1) is 20.8 Å². The molecule has 134 valence electrons. The molecule has 5 heteroatoms. The Bertz CT molecular complexity index is 674. The van der Waals surface area contributed by atoms with Crippen molar-refractivity contribution in [2.45, 2.75) is 13.0 Å². The molecule has 0 saturated carbocycles. The molecule has 0 radical (unpaired) electrons. The number of amides is 1. The lowest BCUT2D eigenvalue weighted by molar-refractivity contribution is -0.129. The predicted octanol–water partition coefficient (Wildman–Crippen LogP) is 2.49. The molecular weight excluding hydrogens is 316 g/mol. The van der Waals surface area contributed by atoms with Crippen molar-refractivity contribution in [2.24, 2.45) is 0 Å². The number of nitrogens with zero attached hydrogens (tertiary/aromatic N) is 1. The largest absolute Gasteiger partial charge is 0.493 e. The lowest BCUT2D eigenvalue weighted by Gasteiger charge is -2.17. The molecule has 0 aliphatic rings. The van der Waals surface area contributed by atoms with Gasteiger partial charge in [-0.2, -0.15) is 0 Å². The van der Waals surface area contributed by atoms with Crippen molar-refractivity contribution in [2.75, 3.05) is 34.4 Å². The molecule has 0 fully saturated rings. The van der Waals surface area contributed by atoms with Crippen molar-refractivity contribution in [1.82, 2.24) is 10.2 Å². The molecule has 0 aliphatic carbocycles. The van der Waals surface area contributed by atoms with Gasteiger partial charge in [-0.1, -0.05) is 36.4 Å². The van der Waals surface area contributed by atoms with Crippen LogP contribution in [0.4, 0.5) is 0 Å². The number of hydrogen-bond donors (Lipinski definition) is 1. The molecule has 0 heterocycles. The van der Waals surface area contributed by atoms with Crippen LogP contribution in [0.25, 0.3) is 0 Å². The molecule has 2 aromatic carbocycles. The molecule has 5 nitrogen and oxygen atoms in total. The molecule has 25 heavy (non-hydrogen) atoms. The lowest BCUT2D eigenvalue weighted by Crippen LogP contribution is -2.35.